The third-order valence-corrected chi connectivity index (χ3v) is 9.90. The third kappa shape index (κ3) is 4.51. The van der Waals surface area contributed by atoms with Gasteiger partial charge in [0.15, 0.2) is 5.78 Å². The minimum absolute atomic E-state index is 0.0320. The average molecular weight is 569 g/mol. The number of carbonyl (C=O) groups excluding carboxylic acids is 1. The van der Waals surface area contributed by atoms with Crippen LogP contribution in [-0.4, -0.2) is 52.9 Å². The number of carboxylic acid groups (broad SMARTS) is 1. The summed E-state index contributed by atoms with van der Waals surface area (Å²) in [6.07, 6.45) is -2.51. The molecule has 4 aliphatic rings. The third-order valence-electron chi connectivity index (χ3n) is 9.90. The maximum absolute atomic E-state index is 15.1. The summed E-state index contributed by atoms with van der Waals surface area (Å²) in [4.78, 5) is 22.8. The number of rotatable bonds is 7. The smallest absolute Gasteiger partial charge is 0.456 e. The highest BCUT2D eigenvalue weighted by Gasteiger charge is 2.79. The number of aliphatic carboxylic acids is 1. The van der Waals surface area contributed by atoms with Crippen molar-refractivity contribution in [2.45, 2.75) is 81.9 Å². The van der Waals surface area contributed by atoms with Gasteiger partial charge < -0.3 is 14.9 Å². The van der Waals surface area contributed by atoms with Crippen molar-refractivity contribution in [2.75, 3.05) is 13.2 Å². The summed E-state index contributed by atoms with van der Waals surface area (Å²) < 4.78 is 76.3. The van der Waals surface area contributed by atoms with Crippen LogP contribution < -0.4 is 0 Å². The second-order valence-electron chi connectivity index (χ2n) is 11.9. The first-order valence-corrected chi connectivity index (χ1v) is 13.7. The number of hydrogen-bond acceptors (Lipinski definition) is 4. The van der Waals surface area contributed by atoms with Gasteiger partial charge in [0.25, 0.3) is 0 Å². The Morgan fingerprint density at radius 1 is 1.07 bits per heavy atom. The van der Waals surface area contributed by atoms with Gasteiger partial charge >= 0.3 is 18.1 Å². The van der Waals surface area contributed by atoms with Crippen molar-refractivity contribution in [3.63, 3.8) is 0 Å². The lowest BCUT2D eigenvalue weighted by atomic mass is 9.50. The number of alkyl halides is 5. The van der Waals surface area contributed by atoms with Crippen molar-refractivity contribution >= 4 is 11.8 Å². The molecule has 0 spiro atoms. The summed E-state index contributed by atoms with van der Waals surface area (Å²) in [6, 6.07) is 7.30. The lowest BCUT2D eigenvalue weighted by molar-refractivity contribution is -0.362. The Kier molecular flexibility index (Phi) is 7.26. The van der Waals surface area contributed by atoms with E-state index >= 15 is 8.78 Å². The van der Waals surface area contributed by atoms with E-state index < -0.39 is 53.9 Å². The van der Waals surface area contributed by atoms with Gasteiger partial charge in [-0.05, 0) is 85.1 Å². The second-order valence-corrected chi connectivity index (χ2v) is 11.9. The quantitative estimate of drug-likeness (QED) is 0.304. The Bertz CT molecular complexity index is 1250. The second kappa shape index (κ2) is 10.0. The summed E-state index contributed by atoms with van der Waals surface area (Å²) in [5.41, 5.74) is -0.353. The molecule has 0 bridgehead atoms. The zero-order valence-electron chi connectivity index (χ0n) is 22.2. The lowest BCUT2D eigenvalue weighted by Gasteiger charge is -2.56. The molecule has 5 nitrogen and oxygen atoms in total. The van der Waals surface area contributed by atoms with E-state index in [1.165, 1.54) is 6.92 Å². The predicted molar refractivity (Wildman–Crippen MR) is 135 cm³/mol. The zero-order valence-corrected chi connectivity index (χ0v) is 22.2. The molecule has 5 atom stereocenters. The van der Waals surface area contributed by atoms with E-state index in [4.69, 9.17) is 9.84 Å². The molecule has 4 aliphatic carbocycles. The number of allylic oxidation sites excluding steroid dienone is 4. The molecule has 0 aliphatic heterocycles. The van der Waals surface area contributed by atoms with Crippen LogP contribution in [0.5, 0.6) is 0 Å². The zero-order chi connectivity index (χ0) is 29.1. The minimum Gasteiger partial charge on any atom is -0.480 e. The molecule has 0 saturated heterocycles. The van der Waals surface area contributed by atoms with Crippen molar-refractivity contribution in [1.82, 2.24) is 0 Å². The molecule has 0 aromatic heterocycles. The van der Waals surface area contributed by atoms with Gasteiger partial charge in [0.05, 0.1) is 6.61 Å². The fourth-order valence-corrected chi connectivity index (χ4v) is 7.98. The van der Waals surface area contributed by atoms with Crippen LogP contribution >= 0.6 is 0 Å². The van der Waals surface area contributed by atoms with Crippen LogP contribution in [0.25, 0.3) is 0 Å². The van der Waals surface area contributed by atoms with Crippen molar-refractivity contribution in [3.8, 4) is 0 Å². The van der Waals surface area contributed by atoms with Gasteiger partial charge in [-0.15, -0.1) is 0 Å². The van der Waals surface area contributed by atoms with Crippen LogP contribution in [0.1, 0.15) is 68.9 Å². The number of hydrogen-bond donors (Lipinski definition) is 2. The van der Waals surface area contributed by atoms with Gasteiger partial charge in [-0.2, -0.15) is 22.0 Å². The monoisotopic (exact) mass is 568 g/mol. The number of aliphatic hydroxyl groups is 1. The molecule has 2 N–H and O–H groups in total. The molecular formula is C30H33F5O5. The molecule has 0 radical (unpaired) electrons. The topological polar surface area (TPSA) is 83.8 Å². The van der Waals surface area contributed by atoms with E-state index in [9.17, 15) is 27.9 Å². The van der Waals surface area contributed by atoms with Crippen LogP contribution in [0, 0.1) is 17.3 Å². The molecule has 40 heavy (non-hydrogen) atoms. The highest BCUT2D eigenvalue weighted by Crippen LogP contribution is 2.70. The van der Waals surface area contributed by atoms with Gasteiger partial charge in [-0.3, -0.25) is 4.79 Å². The van der Waals surface area contributed by atoms with Crippen LogP contribution in [0.4, 0.5) is 22.0 Å². The first kappa shape index (κ1) is 28.9. The molecule has 1 aromatic carbocycles. The molecule has 218 valence electrons. The normalized spacial score (nSPS) is 32.3. The van der Waals surface area contributed by atoms with Gasteiger partial charge in [0.2, 0.25) is 0 Å². The Balaban J connectivity index is 1.55. The Morgan fingerprint density at radius 3 is 2.42 bits per heavy atom. The summed E-state index contributed by atoms with van der Waals surface area (Å²) in [5, 5.41) is 20.1. The lowest BCUT2D eigenvalue weighted by Crippen LogP contribution is -2.65. The number of halogens is 5. The van der Waals surface area contributed by atoms with Crippen LogP contribution in [0.3, 0.4) is 0 Å². The molecule has 2 fully saturated rings. The van der Waals surface area contributed by atoms with Gasteiger partial charge in [0, 0.05) is 17.8 Å². The molecule has 0 unspecified atom stereocenters. The van der Waals surface area contributed by atoms with E-state index in [-0.39, 0.29) is 31.1 Å². The summed E-state index contributed by atoms with van der Waals surface area (Å²) >= 11 is 0. The van der Waals surface area contributed by atoms with E-state index in [1.54, 1.807) is 6.08 Å². The highest BCUT2D eigenvalue weighted by molar-refractivity contribution is 5.93. The predicted octanol–water partition coefficient (Wildman–Crippen LogP) is 6.16. The molecule has 0 amide bonds. The Morgan fingerprint density at radius 2 is 1.77 bits per heavy atom. The molecule has 0 heterocycles. The summed E-state index contributed by atoms with van der Waals surface area (Å²) in [5.74, 6) is -7.62. The number of fused-ring (bicyclic) bond motifs is 4. The Labute approximate surface area is 229 Å². The summed E-state index contributed by atoms with van der Waals surface area (Å²) in [7, 11) is 0. The molecule has 10 heteroatoms. The largest absolute Gasteiger partial charge is 0.480 e. The minimum atomic E-state index is -5.88. The Hall–Kier alpha value is -2.59. The maximum Gasteiger partial charge on any atom is 0.456 e. The summed E-state index contributed by atoms with van der Waals surface area (Å²) in [6.45, 7) is 1.18. The van der Waals surface area contributed by atoms with Crippen LogP contribution in [0.15, 0.2) is 47.1 Å². The number of carboxylic acids is 1. The van der Waals surface area contributed by atoms with Gasteiger partial charge in [-0.1, -0.05) is 36.8 Å². The molecule has 1 aromatic rings. The van der Waals surface area contributed by atoms with Gasteiger partial charge in [-0.25, -0.2) is 4.79 Å². The van der Waals surface area contributed by atoms with E-state index in [0.717, 1.165) is 27.8 Å². The van der Waals surface area contributed by atoms with Gasteiger partial charge in [0.1, 0.15) is 12.2 Å². The number of benzene rings is 1. The standard InChI is InChI=1S/C30H33F5O5/c1-27-15-23(18-4-2-17(3-5-18)11-13-40-16-25(37)38)26-21-9-7-20(36)14-19(21)6-8-22(26)24(27)10-12-28(27,39)29(31,32)30(33,34)35/h2-5,14,22-24,39H,6-13,15-16H2,1H3,(H,37,38)/t22-,23+,24-,27-,28-/m0/s1. The maximum atomic E-state index is 15.1. The van der Waals surface area contributed by atoms with Crippen LogP contribution in [-0.2, 0) is 20.7 Å². The fourth-order valence-electron chi connectivity index (χ4n) is 7.98. The van der Waals surface area contributed by atoms with Crippen molar-refractivity contribution in [1.29, 1.82) is 0 Å². The number of ketones is 1. The highest BCUT2D eigenvalue weighted by atomic mass is 19.4. The van der Waals surface area contributed by atoms with Crippen molar-refractivity contribution < 1.29 is 46.5 Å². The van der Waals surface area contributed by atoms with Crippen LogP contribution in [0.2, 0.25) is 0 Å². The van der Waals surface area contributed by atoms with Crippen molar-refractivity contribution in [3.05, 3.63) is 58.2 Å². The fraction of sp³-hybridized carbons (Fsp3) is 0.600. The first-order valence-electron chi connectivity index (χ1n) is 13.7. The average Bonchev–Trinajstić information content (AvgIpc) is 3.17. The first-order chi connectivity index (χ1) is 18.7. The van der Waals surface area contributed by atoms with E-state index in [2.05, 4.69) is 0 Å². The number of ether oxygens (including phenoxy) is 1. The number of carbonyl (C=O) groups is 2. The molecule has 2 saturated carbocycles. The van der Waals surface area contributed by atoms with E-state index in [1.807, 2.05) is 24.3 Å². The van der Waals surface area contributed by atoms with E-state index in [0.29, 0.717) is 32.1 Å². The molecular weight excluding hydrogens is 535 g/mol. The van der Waals surface area contributed by atoms with Crippen molar-refractivity contribution in [2.24, 2.45) is 17.3 Å². The molecule has 5 rings (SSSR count). The SMILES string of the molecule is C[C@]12C[C@H](c3ccc(CCOCC(=O)O)cc3)C3=C4CCC(=O)C=C4CC[C@H]3[C@@H]1CC[C@@]2(O)C(F)(F)C(F)(F)F.